The first kappa shape index (κ1) is 14.1. The van der Waals surface area contributed by atoms with Crippen molar-refractivity contribution >= 4 is 18.1 Å². The third kappa shape index (κ3) is 2.78. The average Bonchev–Trinajstić information content (AvgIpc) is 2.89. The lowest BCUT2D eigenvalue weighted by Crippen LogP contribution is -2.39. The minimum Gasteiger partial charge on any atom is -0.337 e. The van der Waals surface area contributed by atoms with E-state index in [0.717, 1.165) is 25.2 Å². The van der Waals surface area contributed by atoms with Crippen LogP contribution in [-0.4, -0.2) is 33.4 Å². The summed E-state index contributed by atoms with van der Waals surface area (Å²) in [6.45, 7) is 3.85. The molecule has 21 heavy (non-hydrogen) atoms. The zero-order chi connectivity index (χ0) is 14.8. The maximum atomic E-state index is 12.8. The summed E-state index contributed by atoms with van der Waals surface area (Å²) in [6, 6.07) is 9.76. The first-order chi connectivity index (χ1) is 10.2. The molecule has 1 N–H and O–H groups in total. The smallest absolute Gasteiger partial charge is 0.272 e. The highest BCUT2D eigenvalue weighted by Crippen LogP contribution is 2.20. The molecule has 0 spiro atoms. The Hall–Kier alpha value is -1.88. The number of likely N-dealkylation sites (tertiary alicyclic amines) is 1. The van der Waals surface area contributed by atoms with Crippen molar-refractivity contribution < 1.29 is 4.79 Å². The Balaban J connectivity index is 1.96. The number of aromatic amines is 1. The standard InChI is InChI=1S/C16H19N3OS/c1-12-6-5-9-18(11-12)15(20)14-10-17-16(21)19(14)13-7-3-2-4-8-13/h2-4,7-8,10,12H,5-6,9,11H2,1H3,(H,17,21)/t12-/m1/s1. The van der Waals surface area contributed by atoms with E-state index in [9.17, 15) is 4.79 Å². The third-order valence-corrected chi connectivity index (χ3v) is 4.25. The van der Waals surface area contributed by atoms with Crippen LogP contribution in [0.25, 0.3) is 5.69 Å². The molecule has 0 radical (unpaired) electrons. The molecule has 3 rings (SSSR count). The average molecular weight is 301 g/mol. The number of imidazole rings is 1. The van der Waals surface area contributed by atoms with E-state index < -0.39 is 0 Å². The zero-order valence-electron chi connectivity index (χ0n) is 12.1. The van der Waals surface area contributed by atoms with Crippen molar-refractivity contribution in [3.05, 3.63) is 47.0 Å². The number of carbonyl (C=O) groups excluding carboxylic acids is 1. The molecule has 0 unspecified atom stereocenters. The molecule has 1 aliphatic rings. The molecule has 2 aromatic rings. The largest absolute Gasteiger partial charge is 0.337 e. The van der Waals surface area contributed by atoms with Crippen molar-refractivity contribution in [3.63, 3.8) is 0 Å². The summed E-state index contributed by atoms with van der Waals surface area (Å²) in [6.07, 6.45) is 3.99. The Labute approximate surface area is 129 Å². The second-order valence-electron chi connectivity index (χ2n) is 5.65. The number of para-hydroxylation sites is 1. The van der Waals surface area contributed by atoms with Gasteiger partial charge in [-0.25, -0.2) is 0 Å². The Morgan fingerprint density at radius 1 is 1.33 bits per heavy atom. The van der Waals surface area contributed by atoms with E-state index in [4.69, 9.17) is 12.2 Å². The molecule has 0 saturated carbocycles. The van der Waals surface area contributed by atoms with Crippen LogP contribution in [0.5, 0.6) is 0 Å². The van der Waals surface area contributed by atoms with Gasteiger partial charge in [-0.15, -0.1) is 0 Å². The quantitative estimate of drug-likeness (QED) is 0.864. The highest BCUT2D eigenvalue weighted by Gasteiger charge is 2.24. The highest BCUT2D eigenvalue weighted by atomic mass is 32.1. The van der Waals surface area contributed by atoms with Crippen molar-refractivity contribution in [2.45, 2.75) is 19.8 Å². The van der Waals surface area contributed by atoms with Crippen LogP contribution in [0.2, 0.25) is 0 Å². The SMILES string of the molecule is C[C@@H]1CCCN(C(=O)c2c[nH]c(=S)n2-c2ccccc2)C1. The van der Waals surface area contributed by atoms with Gasteiger partial charge in [0.2, 0.25) is 0 Å². The molecule has 1 saturated heterocycles. The molecule has 1 amide bonds. The fraction of sp³-hybridized carbons (Fsp3) is 0.375. The highest BCUT2D eigenvalue weighted by molar-refractivity contribution is 7.71. The third-order valence-electron chi connectivity index (χ3n) is 3.95. The monoisotopic (exact) mass is 301 g/mol. The summed E-state index contributed by atoms with van der Waals surface area (Å²) in [5.41, 5.74) is 1.53. The molecule has 110 valence electrons. The number of H-pyrrole nitrogens is 1. The topological polar surface area (TPSA) is 41.0 Å². The van der Waals surface area contributed by atoms with E-state index in [1.165, 1.54) is 6.42 Å². The zero-order valence-corrected chi connectivity index (χ0v) is 12.9. The van der Waals surface area contributed by atoms with Crippen LogP contribution in [0.15, 0.2) is 36.5 Å². The molecule has 1 fully saturated rings. The number of aromatic nitrogens is 2. The number of carbonyl (C=O) groups is 1. The summed E-state index contributed by atoms with van der Waals surface area (Å²) in [5, 5.41) is 0. The van der Waals surface area contributed by atoms with E-state index >= 15 is 0 Å². The molecule has 5 heteroatoms. The summed E-state index contributed by atoms with van der Waals surface area (Å²) in [4.78, 5) is 17.7. The summed E-state index contributed by atoms with van der Waals surface area (Å²) in [7, 11) is 0. The molecule has 0 bridgehead atoms. The number of amides is 1. The summed E-state index contributed by atoms with van der Waals surface area (Å²) in [5.74, 6) is 0.618. The van der Waals surface area contributed by atoms with E-state index in [-0.39, 0.29) is 5.91 Å². The van der Waals surface area contributed by atoms with E-state index in [1.807, 2.05) is 39.8 Å². The van der Waals surface area contributed by atoms with Crippen LogP contribution < -0.4 is 0 Å². The minimum absolute atomic E-state index is 0.0535. The molecule has 1 aliphatic heterocycles. The van der Waals surface area contributed by atoms with Crippen molar-refractivity contribution in [1.82, 2.24) is 14.5 Å². The number of nitrogens with one attached hydrogen (secondary N) is 1. The minimum atomic E-state index is 0.0535. The van der Waals surface area contributed by atoms with Gasteiger partial charge >= 0.3 is 0 Å². The van der Waals surface area contributed by atoms with E-state index in [0.29, 0.717) is 16.4 Å². The van der Waals surface area contributed by atoms with Crippen LogP contribution in [0.3, 0.4) is 0 Å². The lowest BCUT2D eigenvalue weighted by atomic mass is 10.00. The first-order valence-corrected chi connectivity index (χ1v) is 7.73. The Kier molecular flexibility index (Phi) is 3.92. The fourth-order valence-corrected chi connectivity index (χ4v) is 3.16. The van der Waals surface area contributed by atoms with Crippen LogP contribution in [-0.2, 0) is 0 Å². The van der Waals surface area contributed by atoms with Gasteiger partial charge in [-0.3, -0.25) is 9.36 Å². The van der Waals surface area contributed by atoms with E-state index in [1.54, 1.807) is 6.20 Å². The summed E-state index contributed by atoms with van der Waals surface area (Å²) < 4.78 is 2.37. The number of rotatable bonds is 2. The predicted octanol–water partition coefficient (Wildman–Crippen LogP) is 3.41. The van der Waals surface area contributed by atoms with Crippen molar-refractivity contribution in [3.8, 4) is 5.69 Å². The van der Waals surface area contributed by atoms with Gasteiger partial charge < -0.3 is 9.88 Å². The predicted molar refractivity (Wildman–Crippen MR) is 85.3 cm³/mol. The lowest BCUT2D eigenvalue weighted by Gasteiger charge is -2.31. The Morgan fingerprint density at radius 2 is 2.10 bits per heavy atom. The summed E-state index contributed by atoms with van der Waals surface area (Å²) >= 11 is 5.34. The number of benzene rings is 1. The molecule has 1 aromatic heterocycles. The number of hydrogen-bond donors (Lipinski definition) is 1. The van der Waals surface area contributed by atoms with Crippen LogP contribution >= 0.6 is 12.2 Å². The maximum absolute atomic E-state index is 12.8. The lowest BCUT2D eigenvalue weighted by molar-refractivity contribution is 0.0675. The number of piperidine rings is 1. The second kappa shape index (κ2) is 5.85. The second-order valence-corrected chi connectivity index (χ2v) is 6.04. The van der Waals surface area contributed by atoms with Crippen molar-refractivity contribution in [2.75, 3.05) is 13.1 Å². The van der Waals surface area contributed by atoms with Gasteiger partial charge in [-0.05, 0) is 43.1 Å². The van der Waals surface area contributed by atoms with Gasteiger partial charge in [-0.2, -0.15) is 0 Å². The molecule has 2 heterocycles. The first-order valence-electron chi connectivity index (χ1n) is 7.32. The van der Waals surface area contributed by atoms with Gasteiger partial charge in [0.05, 0.1) is 0 Å². The molecule has 4 nitrogen and oxygen atoms in total. The van der Waals surface area contributed by atoms with Crippen molar-refractivity contribution in [1.29, 1.82) is 0 Å². The Morgan fingerprint density at radius 3 is 2.81 bits per heavy atom. The maximum Gasteiger partial charge on any atom is 0.272 e. The van der Waals surface area contributed by atoms with Gasteiger partial charge in [0.1, 0.15) is 5.69 Å². The van der Waals surface area contributed by atoms with Crippen LogP contribution in [0, 0.1) is 10.7 Å². The van der Waals surface area contributed by atoms with Gasteiger partial charge in [0, 0.05) is 25.0 Å². The number of hydrogen-bond acceptors (Lipinski definition) is 2. The van der Waals surface area contributed by atoms with Crippen molar-refractivity contribution in [2.24, 2.45) is 5.92 Å². The normalized spacial score (nSPS) is 18.7. The van der Waals surface area contributed by atoms with Gasteiger partial charge in [0.15, 0.2) is 4.77 Å². The molecule has 1 aromatic carbocycles. The van der Waals surface area contributed by atoms with E-state index in [2.05, 4.69) is 11.9 Å². The number of nitrogens with zero attached hydrogens (tertiary/aromatic N) is 2. The fourth-order valence-electron chi connectivity index (χ4n) is 2.90. The van der Waals surface area contributed by atoms with Gasteiger partial charge in [0.25, 0.3) is 5.91 Å². The Bertz CT molecular complexity index is 689. The molecule has 1 atom stereocenters. The van der Waals surface area contributed by atoms with Crippen LogP contribution in [0.1, 0.15) is 30.3 Å². The van der Waals surface area contributed by atoms with Crippen LogP contribution in [0.4, 0.5) is 0 Å². The molecular weight excluding hydrogens is 282 g/mol. The molecular formula is C16H19N3OS. The van der Waals surface area contributed by atoms with Gasteiger partial charge in [-0.1, -0.05) is 25.1 Å². The molecule has 0 aliphatic carbocycles.